The van der Waals surface area contributed by atoms with Crippen LogP contribution in [0, 0.1) is 6.92 Å². The summed E-state index contributed by atoms with van der Waals surface area (Å²) in [6.07, 6.45) is -4.69. The van der Waals surface area contributed by atoms with E-state index in [-0.39, 0.29) is 11.7 Å². The molecule has 1 fully saturated rings. The maximum atomic E-state index is 12.8. The van der Waals surface area contributed by atoms with E-state index in [1.807, 2.05) is 11.8 Å². The van der Waals surface area contributed by atoms with Gasteiger partial charge in [-0.3, -0.25) is 9.69 Å². The average Bonchev–Trinajstić information content (AvgIpc) is 3.03. The summed E-state index contributed by atoms with van der Waals surface area (Å²) in [7, 11) is 1.77. The van der Waals surface area contributed by atoms with Gasteiger partial charge in [0.05, 0.1) is 11.3 Å². The van der Waals surface area contributed by atoms with Gasteiger partial charge in [0.25, 0.3) is 5.91 Å². The quantitative estimate of drug-likeness (QED) is 0.813. The number of nitrogens with zero attached hydrogens (tertiary/aromatic N) is 3. The van der Waals surface area contributed by atoms with E-state index in [0.29, 0.717) is 38.3 Å². The molecular formula is C18H21F3N4O2S. The van der Waals surface area contributed by atoms with Crippen LogP contribution in [0.15, 0.2) is 24.3 Å². The molecule has 0 bridgehead atoms. The van der Waals surface area contributed by atoms with Crippen LogP contribution in [0.5, 0.6) is 5.75 Å². The lowest BCUT2D eigenvalue weighted by Crippen LogP contribution is -2.48. The molecule has 0 spiro atoms. The largest absolute Gasteiger partial charge is 0.573 e. The minimum Gasteiger partial charge on any atom is -0.406 e. The van der Waals surface area contributed by atoms with Crippen molar-refractivity contribution in [2.75, 3.05) is 38.5 Å². The minimum absolute atomic E-state index is 0.0242. The Hall–Kier alpha value is -2.33. The molecule has 1 aromatic carbocycles. The molecule has 0 saturated carbocycles. The van der Waals surface area contributed by atoms with Crippen LogP contribution in [-0.2, 0) is 6.54 Å². The average molecular weight is 414 g/mol. The molecule has 1 aliphatic rings. The van der Waals surface area contributed by atoms with Crippen LogP contribution in [0.2, 0.25) is 0 Å². The van der Waals surface area contributed by atoms with E-state index >= 15 is 0 Å². The highest BCUT2D eigenvalue weighted by Crippen LogP contribution is 2.26. The Labute approximate surface area is 165 Å². The summed E-state index contributed by atoms with van der Waals surface area (Å²) in [4.78, 5) is 16.8. The molecule has 2 aromatic rings. The van der Waals surface area contributed by atoms with Gasteiger partial charge in [0.1, 0.15) is 10.8 Å². The van der Waals surface area contributed by atoms with Crippen LogP contribution in [0.4, 0.5) is 18.2 Å². The smallest absolute Gasteiger partial charge is 0.406 e. The van der Waals surface area contributed by atoms with E-state index in [1.54, 1.807) is 19.2 Å². The van der Waals surface area contributed by atoms with Crippen LogP contribution in [0.1, 0.15) is 21.6 Å². The number of aryl methyl sites for hydroxylation is 1. The molecule has 1 aliphatic heterocycles. The number of benzene rings is 1. The number of ether oxygens (including phenoxy) is 1. The van der Waals surface area contributed by atoms with Crippen LogP contribution in [0.3, 0.4) is 0 Å². The van der Waals surface area contributed by atoms with Crippen LogP contribution >= 0.6 is 11.5 Å². The van der Waals surface area contributed by atoms with Crippen molar-refractivity contribution in [1.29, 1.82) is 0 Å². The number of nitrogens with one attached hydrogen (secondary N) is 1. The topological polar surface area (TPSA) is 57.7 Å². The molecule has 0 unspecified atom stereocenters. The Morgan fingerprint density at radius 3 is 2.43 bits per heavy atom. The number of piperazine rings is 1. The monoisotopic (exact) mass is 414 g/mol. The molecular weight excluding hydrogens is 393 g/mol. The number of hydrogen-bond acceptors (Lipinski definition) is 6. The molecule has 0 aliphatic carbocycles. The number of aromatic nitrogens is 1. The molecule has 152 valence electrons. The summed E-state index contributed by atoms with van der Waals surface area (Å²) in [5.74, 6) is -0.254. The second-order valence-electron chi connectivity index (χ2n) is 6.48. The molecule has 10 heteroatoms. The zero-order valence-electron chi connectivity index (χ0n) is 15.5. The number of amides is 1. The first-order chi connectivity index (χ1) is 13.3. The Bertz CT molecular complexity index is 815. The zero-order valence-corrected chi connectivity index (χ0v) is 16.4. The lowest BCUT2D eigenvalue weighted by molar-refractivity contribution is -0.274. The van der Waals surface area contributed by atoms with Crippen LogP contribution in [0.25, 0.3) is 0 Å². The van der Waals surface area contributed by atoms with Gasteiger partial charge in [0.2, 0.25) is 0 Å². The molecule has 1 aromatic heterocycles. The molecule has 1 saturated heterocycles. The van der Waals surface area contributed by atoms with E-state index in [0.717, 1.165) is 16.3 Å². The molecule has 0 radical (unpaired) electrons. The summed E-state index contributed by atoms with van der Waals surface area (Å²) >= 11 is 1.28. The van der Waals surface area contributed by atoms with Crippen molar-refractivity contribution >= 4 is 22.4 Å². The predicted octanol–water partition coefficient (Wildman–Crippen LogP) is 3.35. The molecule has 2 heterocycles. The normalized spacial score (nSPS) is 15.5. The second kappa shape index (κ2) is 8.36. The number of halogens is 3. The first-order valence-corrected chi connectivity index (χ1v) is 9.54. The van der Waals surface area contributed by atoms with Crippen LogP contribution < -0.4 is 10.1 Å². The summed E-state index contributed by atoms with van der Waals surface area (Å²) < 4.78 is 44.8. The molecule has 0 atom stereocenters. The van der Waals surface area contributed by atoms with Gasteiger partial charge in [0.15, 0.2) is 0 Å². The Morgan fingerprint density at radius 1 is 1.21 bits per heavy atom. The number of carbonyl (C=O) groups excluding carboxylic acids is 1. The van der Waals surface area contributed by atoms with Crippen LogP contribution in [-0.4, -0.2) is 59.7 Å². The standard InChI is InChI=1S/C18H21F3N4O2S/c1-12-15(16(22-2)28-23-12)17(26)25-9-7-24(8-10-25)11-13-3-5-14(6-4-13)27-18(19,20)21/h3-6,22H,7-11H2,1-2H3. The Balaban J connectivity index is 1.54. The molecule has 28 heavy (non-hydrogen) atoms. The van der Waals surface area contributed by atoms with Gasteiger partial charge in [-0.1, -0.05) is 12.1 Å². The summed E-state index contributed by atoms with van der Waals surface area (Å²) in [5.41, 5.74) is 2.24. The summed E-state index contributed by atoms with van der Waals surface area (Å²) in [6.45, 7) is 5.00. The summed E-state index contributed by atoms with van der Waals surface area (Å²) in [5, 5.41) is 3.78. The van der Waals surface area contributed by atoms with Crippen molar-refractivity contribution in [3.8, 4) is 5.75 Å². The number of hydrogen-bond donors (Lipinski definition) is 1. The third-order valence-corrected chi connectivity index (χ3v) is 5.48. The lowest BCUT2D eigenvalue weighted by atomic mass is 10.1. The fourth-order valence-corrected chi connectivity index (χ4v) is 3.85. The van der Waals surface area contributed by atoms with Crippen molar-refractivity contribution in [1.82, 2.24) is 14.2 Å². The van der Waals surface area contributed by atoms with E-state index in [9.17, 15) is 18.0 Å². The predicted molar refractivity (Wildman–Crippen MR) is 101 cm³/mol. The zero-order chi connectivity index (χ0) is 20.3. The van der Waals surface area contributed by atoms with Crippen molar-refractivity contribution in [2.45, 2.75) is 19.8 Å². The molecule has 1 N–H and O–H groups in total. The minimum atomic E-state index is -4.69. The molecule has 1 amide bonds. The van der Waals surface area contributed by atoms with E-state index in [2.05, 4.69) is 19.3 Å². The fraction of sp³-hybridized carbons (Fsp3) is 0.444. The third-order valence-electron chi connectivity index (χ3n) is 4.53. The van der Waals surface area contributed by atoms with Gasteiger partial charge in [-0.25, -0.2) is 0 Å². The van der Waals surface area contributed by atoms with Crippen molar-refractivity contribution in [3.05, 3.63) is 41.1 Å². The molecule has 6 nitrogen and oxygen atoms in total. The lowest BCUT2D eigenvalue weighted by Gasteiger charge is -2.34. The second-order valence-corrected chi connectivity index (χ2v) is 7.26. The van der Waals surface area contributed by atoms with Gasteiger partial charge in [-0.05, 0) is 36.2 Å². The summed E-state index contributed by atoms with van der Waals surface area (Å²) in [6, 6.07) is 5.87. The first-order valence-electron chi connectivity index (χ1n) is 8.77. The van der Waals surface area contributed by atoms with Gasteiger partial charge < -0.3 is 15.0 Å². The first kappa shape index (κ1) is 20.4. The SMILES string of the molecule is CNc1snc(C)c1C(=O)N1CCN(Cc2ccc(OC(F)(F)F)cc2)CC1. The fourth-order valence-electron chi connectivity index (χ4n) is 3.11. The number of carbonyl (C=O) groups is 1. The van der Waals surface area contributed by atoms with Crippen molar-refractivity contribution in [2.24, 2.45) is 0 Å². The highest BCUT2D eigenvalue weighted by molar-refractivity contribution is 7.10. The van der Waals surface area contributed by atoms with Gasteiger partial charge in [0, 0.05) is 39.8 Å². The van der Waals surface area contributed by atoms with E-state index in [1.165, 1.54) is 23.7 Å². The maximum absolute atomic E-state index is 12.8. The maximum Gasteiger partial charge on any atom is 0.573 e. The van der Waals surface area contributed by atoms with E-state index in [4.69, 9.17) is 0 Å². The number of alkyl halides is 3. The number of anilines is 1. The highest BCUT2D eigenvalue weighted by atomic mass is 32.1. The highest BCUT2D eigenvalue weighted by Gasteiger charge is 2.31. The van der Waals surface area contributed by atoms with Gasteiger partial charge >= 0.3 is 6.36 Å². The Morgan fingerprint density at radius 2 is 1.86 bits per heavy atom. The van der Waals surface area contributed by atoms with Gasteiger partial charge in [-0.2, -0.15) is 4.37 Å². The van der Waals surface area contributed by atoms with Crippen molar-refractivity contribution in [3.63, 3.8) is 0 Å². The Kier molecular flexibility index (Phi) is 6.09. The van der Waals surface area contributed by atoms with Crippen molar-refractivity contribution < 1.29 is 22.7 Å². The third kappa shape index (κ3) is 4.93. The van der Waals surface area contributed by atoms with Gasteiger partial charge in [-0.15, -0.1) is 13.2 Å². The molecule has 3 rings (SSSR count). The number of rotatable bonds is 5. The van der Waals surface area contributed by atoms with E-state index < -0.39 is 6.36 Å².